The normalized spacial score (nSPS) is 16.4. The summed E-state index contributed by atoms with van der Waals surface area (Å²) in [6.07, 6.45) is 0.763. The van der Waals surface area contributed by atoms with Crippen LogP contribution >= 0.6 is 0 Å². The summed E-state index contributed by atoms with van der Waals surface area (Å²) in [5.74, 6) is 0.493. The van der Waals surface area contributed by atoms with Crippen LogP contribution < -0.4 is 4.74 Å². The molecule has 1 heterocycles. The minimum absolute atomic E-state index is 0.0270. The van der Waals surface area contributed by atoms with Crippen LogP contribution in [0.4, 0.5) is 0 Å². The average Bonchev–Trinajstić information content (AvgIpc) is 2.58. The lowest BCUT2D eigenvalue weighted by Gasteiger charge is -2.32. The van der Waals surface area contributed by atoms with Gasteiger partial charge in [-0.05, 0) is 70.2 Å². The Hall–Kier alpha value is -2.04. The molecule has 1 aliphatic rings. The summed E-state index contributed by atoms with van der Waals surface area (Å²) in [5.41, 5.74) is 3.34. The molecular formula is C20H29NO4. The number of likely N-dealkylation sites (tertiary alicyclic amines) is 1. The molecule has 5 heteroatoms. The number of aryl methyl sites for hydroxylation is 2. The molecule has 1 amide bonds. The monoisotopic (exact) mass is 347 g/mol. The van der Waals surface area contributed by atoms with Crippen molar-refractivity contribution in [3.63, 3.8) is 0 Å². The van der Waals surface area contributed by atoms with Crippen molar-refractivity contribution < 1.29 is 19.1 Å². The van der Waals surface area contributed by atoms with E-state index < -0.39 is 6.10 Å². The Labute approximate surface area is 150 Å². The maximum absolute atomic E-state index is 12.7. The molecule has 0 radical (unpaired) electrons. The molecule has 5 nitrogen and oxygen atoms in total. The highest BCUT2D eigenvalue weighted by molar-refractivity contribution is 5.81. The highest BCUT2D eigenvalue weighted by atomic mass is 16.5. The van der Waals surface area contributed by atoms with Gasteiger partial charge in [-0.2, -0.15) is 0 Å². The van der Waals surface area contributed by atoms with E-state index in [1.807, 2.05) is 33.8 Å². The van der Waals surface area contributed by atoms with Gasteiger partial charge in [0.1, 0.15) is 5.75 Å². The van der Waals surface area contributed by atoms with E-state index in [2.05, 4.69) is 6.07 Å². The first-order valence-electron chi connectivity index (χ1n) is 9.03. The van der Waals surface area contributed by atoms with Crippen molar-refractivity contribution in [2.24, 2.45) is 5.92 Å². The molecule has 1 atom stereocenters. The van der Waals surface area contributed by atoms with E-state index in [0.717, 1.165) is 22.4 Å². The molecule has 0 bridgehead atoms. The first-order valence-corrected chi connectivity index (χ1v) is 9.03. The Kier molecular flexibility index (Phi) is 6.45. The smallest absolute Gasteiger partial charge is 0.309 e. The minimum Gasteiger partial charge on any atom is -0.481 e. The second-order valence-corrected chi connectivity index (χ2v) is 6.82. The van der Waals surface area contributed by atoms with Crippen molar-refractivity contribution in [2.75, 3.05) is 19.7 Å². The number of hydrogen-bond acceptors (Lipinski definition) is 4. The van der Waals surface area contributed by atoms with Crippen molar-refractivity contribution >= 4 is 11.9 Å². The third-order valence-corrected chi connectivity index (χ3v) is 4.84. The number of carbonyl (C=O) groups is 2. The quantitative estimate of drug-likeness (QED) is 0.768. The fourth-order valence-corrected chi connectivity index (χ4v) is 3.22. The first-order chi connectivity index (χ1) is 11.8. The number of benzene rings is 1. The third kappa shape index (κ3) is 4.74. The van der Waals surface area contributed by atoms with Crippen LogP contribution in [0.2, 0.25) is 0 Å². The van der Waals surface area contributed by atoms with Gasteiger partial charge in [0.05, 0.1) is 12.5 Å². The molecule has 1 fully saturated rings. The molecule has 1 aromatic rings. The fraction of sp³-hybridized carbons (Fsp3) is 0.600. The molecule has 0 aliphatic carbocycles. The molecule has 0 aromatic heterocycles. The summed E-state index contributed by atoms with van der Waals surface area (Å²) in [5, 5.41) is 0. The van der Waals surface area contributed by atoms with E-state index in [1.165, 1.54) is 0 Å². The number of esters is 1. The van der Waals surface area contributed by atoms with Crippen molar-refractivity contribution in [2.45, 2.75) is 53.6 Å². The molecule has 0 saturated carbocycles. The van der Waals surface area contributed by atoms with E-state index in [-0.39, 0.29) is 17.8 Å². The van der Waals surface area contributed by atoms with Crippen LogP contribution in [0.15, 0.2) is 12.1 Å². The Morgan fingerprint density at radius 1 is 1.20 bits per heavy atom. The van der Waals surface area contributed by atoms with Crippen molar-refractivity contribution in [3.8, 4) is 5.75 Å². The summed E-state index contributed by atoms with van der Waals surface area (Å²) in [4.78, 5) is 26.3. The van der Waals surface area contributed by atoms with Crippen LogP contribution in [-0.4, -0.2) is 42.6 Å². The summed E-state index contributed by atoms with van der Waals surface area (Å²) in [6, 6.07) is 4.08. The van der Waals surface area contributed by atoms with Gasteiger partial charge in [-0.3, -0.25) is 9.59 Å². The van der Waals surface area contributed by atoms with E-state index >= 15 is 0 Å². The predicted molar refractivity (Wildman–Crippen MR) is 96.7 cm³/mol. The number of hydrogen-bond donors (Lipinski definition) is 0. The molecule has 0 N–H and O–H groups in total. The topological polar surface area (TPSA) is 55.8 Å². The van der Waals surface area contributed by atoms with E-state index in [1.54, 1.807) is 11.8 Å². The van der Waals surface area contributed by atoms with Gasteiger partial charge in [0.2, 0.25) is 0 Å². The molecule has 1 aliphatic heterocycles. The maximum Gasteiger partial charge on any atom is 0.309 e. The molecule has 1 aromatic carbocycles. The van der Waals surface area contributed by atoms with Gasteiger partial charge in [-0.25, -0.2) is 0 Å². The molecule has 25 heavy (non-hydrogen) atoms. The number of carbonyl (C=O) groups excluding carboxylic acids is 2. The number of piperidine rings is 1. The largest absolute Gasteiger partial charge is 0.481 e. The van der Waals surface area contributed by atoms with Gasteiger partial charge >= 0.3 is 5.97 Å². The van der Waals surface area contributed by atoms with Crippen molar-refractivity contribution in [1.82, 2.24) is 4.90 Å². The van der Waals surface area contributed by atoms with Crippen LogP contribution in [0.5, 0.6) is 5.75 Å². The minimum atomic E-state index is -0.543. The molecule has 0 spiro atoms. The van der Waals surface area contributed by atoms with Crippen molar-refractivity contribution in [3.05, 3.63) is 28.8 Å². The second-order valence-electron chi connectivity index (χ2n) is 6.82. The first kappa shape index (κ1) is 19.3. The van der Waals surface area contributed by atoms with E-state index in [0.29, 0.717) is 32.5 Å². The zero-order chi connectivity index (χ0) is 18.6. The van der Waals surface area contributed by atoms with Gasteiger partial charge in [0.15, 0.2) is 6.10 Å². The second kappa shape index (κ2) is 8.37. The van der Waals surface area contributed by atoms with Crippen LogP contribution in [0.1, 0.15) is 43.4 Å². The number of rotatable bonds is 5. The van der Waals surface area contributed by atoms with Gasteiger partial charge in [0, 0.05) is 13.1 Å². The van der Waals surface area contributed by atoms with Gasteiger partial charge in [-0.1, -0.05) is 6.07 Å². The SMILES string of the molecule is CCOC(=O)C1CCN(C(=O)[C@H](C)Oc2cc(C)cc(C)c2C)CC1. The fourth-order valence-electron chi connectivity index (χ4n) is 3.22. The van der Waals surface area contributed by atoms with E-state index in [4.69, 9.17) is 9.47 Å². The van der Waals surface area contributed by atoms with Gasteiger partial charge in [-0.15, -0.1) is 0 Å². The Morgan fingerprint density at radius 3 is 2.44 bits per heavy atom. The summed E-state index contributed by atoms with van der Waals surface area (Å²) < 4.78 is 11.0. The lowest BCUT2D eigenvalue weighted by molar-refractivity contribution is -0.152. The Bertz CT molecular complexity index is 633. The maximum atomic E-state index is 12.7. The molecule has 1 saturated heterocycles. The Balaban J connectivity index is 1.94. The third-order valence-electron chi connectivity index (χ3n) is 4.84. The van der Waals surface area contributed by atoms with Crippen molar-refractivity contribution in [1.29, 1.82) is 0 Å². The summed E-state index contributed by atoms with van der Waals surface area (Å²) >= 11 is 0. The molecule has 2 rings (SSSR count). The summed E-state index contributed by atoms with van der Waals surface area (Å²) in [6.45, 7) is 11.2. The number of ether oxygens (including phenoxy) is 2. The van der Waals surface area contributed by atoms with E-state index in [9.17, 15) is 9.59 Å². The standard InChI is InChI=1S/C20H29NO4/c1-6-24-20(23)17-7-9-21(10-8-17)19(22)16(5)25-18-12-13(2)11-14(3)15(18)4/h11-12,16-17H,6-10H2,1-5H3/t16-/m0/s1. The predicted octanol–water partition coefficient (Wildman–Crippen LogP) is 3.18. The Morgan fingerprint density at radius 2 is 1.84 bits per heavy atom. The lowest BCUT2D eigenvalue weighted by Crippen LogP contribution is -2.46. The molecular weight excluding hydrogens is 318 g/mol. The average molecular weight is 347 g/mol. The molecule has 138 valence electrons. The van der Waals surface area contributed by atoms with Crippen LogP contribution in [-0.2, 0) is 14.3 Å². The summed E-state index contributed by atoms with van der Waals surface area (Å²) in [7, 11) is 0. The number of amides is 1. The van der Waals surface area contributed by atoms with Crippen LogP contribution in [0, 0.1) is 26.7 Å². The van der Waals surface area contributed by atoms with Gasteiger partial charge in [0.25, 0.3) is 5.91 Å². The zero-order valence-corrected chi connectivity index (χ0v) is 15.9. The lowest BCUT2D eigenvalue weighted by atomic mass is 9.96. The highest BCUT2D eigenvalue weighted by Gasteiger charge is 2.30. The highest BCUT2D eigenvalue weighted by Crippen LogP contribution is 2.25. The van der Waals surface area contributed by atoms with Gasteiger partial charge < -0.3 is 14.4 Å². The van der Waals surface area contributed by atoms with Crippen LogP contribution in [0.25, 0.3) is 0 Å². The number of nitrogens with zero attached hydrogens (tertiary/aromatic N) is 1. The van der Waals surface area contributed by atoms with Crippen LogP contribution in [0.3, 0.4) is 0 Å². The zero-order valence-electron chi connectivity index (χ0n) is 15.9. The molecule has 0 unspecified atom stereocenters.